The maximum atomic E-state index is 12.6. The molecule has 1 amide bonds. The first-order chi connectivity index (χ1) is 11.7. The number of hydrogen-bond donors (Lipinski definition) is 0. The summed E-state index contributed by atoms with van der Waals surface area (Å²) < 4.78 is 16.5. The Kier molecular flexibility index (Phi) is 4.99. The molecule has 3 rings (SSSR count). The van der Waals surface area contributed by atoms with Crippen molar-refractivity contribution in [2.24, 2.45) is 4.99 Å². The maximum absolute atomic E-state index is 12.6. The highest BCUT2D eigenvalue weighted by Gasteiger charge is 2.32. The number of carbonyl (C=O) groups is 1. The summed E-state index contributed by atoms with van der Waals surface area (Å²) in [4.78, 5) is 19.3. The van der Waals surface area contributed by atoms with E-state index in [0.717, 1.165) is 10.7 Å². The fourth-order valence-electron chi connectivity index (χ4n) is 2.51. The first-order valence-electron chi connectivity index (χ1n) is 8.00. The van der Waals surface area contributed by atoms with Crippen molar-refractivity contribution < 1.29 is 19.0 Å². The van der Waals surface area contributed by atoms with Crippen molar-refractivity contribution >= 4 is 28.9 Å². The largest absolute Gasteiger partial charge is 0.493 e. The fraction of sp³-hybridized carbons (Fsp3) is 0.412. The molecular formula is C17H20N2O4S. The molecule has 2 aliphatic rings. The number of fused-ring (bicyclic) bond motifs is 1. The van der Waals surface area contributed by atoms with Crippen LogP contribution in [0.25, 0.3) is 6.08 Å². The zero-order chi connectivity index (χ0) is 17.1. The van der Waals surface area contributed by atoms with Gasteiger partial charge in [0.05, 0.1) is 11.5 Å². The number of likely N-dealkylation sites (N-methyl/N-ethyl adjacent to an activating group) is 1. The van der Waals surface area contributed by atoms with E-state index in [-0.39, 0.29) is 12.7 Å². The van der Waals surface area contributed by atoms with E-state index < -0.39 is 0 Å². The van der Waals surface area contributed by atoms with Crippen molar-refractivity contribution in [2.45, 2.75) is 20.8 Å². The number of thioether (sulfide) groups is 1. The van der Waals surface area contributed by atoms with Crippen LogP contribution in [-0.2, 0) is 4.79 Å². The Morgan fingerprint density at radius 2 is 2.04 bits per heavy atom. The van der Waals surface area contributed by atoms with Gasteiger partial charge < -0.3 is 14.2 Å². The van der Waals surface area contributed by atoms with Crippen molar-refractivity contribution in [1.82, 2.24) is 4.90 Å². The average Bonchev–Trinajstić information content (AvgIpc) is 3.13. The fourth-order valence-corrected chi connectivity index (χ4v) is 3.61. The van der Waals surface area contributed by atoms with Gasteiger partial charge in [-0.05, 0) is 44.7 Å². The summed E-state index contributed by atoms with van der Waals surface area (Å²) in [7, 11) is 0. The van der Waals surface area contributed by atoms with Crippen molar-refractivity contribution in [3.05, 3.63) is 22.6 Å². The Morgan fingerprint density at radius 3 is 2.71 bits per heavy atom. The number of rotatable bonds is 5. The second-order valence-electron chi connectivity index (χ2n) is 5.09. The number of nitrogens with zero attached hydrogens (tertiary/aromatic N) is 2. The molecule has 6 nitrogen and oxygen atoms in total. The molecule has 7 heteroatoms. The topological polar surface area (TPSA) is 60.4 Å². The lowest BCUT2D eigenvalue weighted by atomic mass is 10.1. The minimum atomic E-state index is -0.0326. The summed E-state index contributed by atoms with van der Waals surface area (Å²) in [6.45, 7) is 7.79. The quantitative estimate of drug-likeness (QED) is 0.765. The van der Waals surface area contributed by atoms with Gasteiger partial charge in [0, 0.05) is 24.7 Å². The Bertz CT molecular complexity index is 715. The maximum Gasteiger partial charge on any atom is 0.266 e. The summed E-state index contributed by atoms with van der Waals surface area (Å²) in [6.07, 6.45) is 1.83. The van der Waals surface area contributed by atoms with Gasteiger partial charge in [0.1, 0.15) is 5.75 Å². The molecule has 1 saturated heterocycles. The first-order valence-corrected chi connectivity index (χ1v) is 8.81. The second-order valence-corrected chi connectivity index (χ2v) is 6.10. The van der Waals surface area contributed by atoms with E-state index in [4.69, 9.17) is 14.2 Å². The molecule has 0 unspecified atom stereocenters. The molecule has 128 valence electrons. The van der Waals surface area contributed by atoms with Crippen LogP contribution in [0.1, 0.15) is 26.3 Å². The molecule has 0 aliphatic carbocycles. The van der Waals surface area contributed by atoms with E-state index >= 15 is 0 Å². The Hall–Kier alpha value is -2.15. The Labute approximate surface area is 145 Å². The molecule has 0 saturated carbocycles. The van der Waals surface area contributed by atoms with Crippen LogP contribution in [0.2, 0.25) is 0 Å². The Morgan fingerprint density at radius 1 is 1.29 bits per heavy atom. The number of carbonyl (C=O) groups excluding carboxylic acids is 1. The number of amides is 1. The van der Waals surface area contributed by atoms with Crippen LogP contribution in [0.15, 0.2) is 22.0 Å². The van der Waals surface area contributed by atoms with Gasteiger partial charge in [-0.3, -0.25) is 14.7 Å². The number of amidine groups is 1. The van der Waals surface area contributed by atoms with E-state index in [1.165, 1.54) is 11.8 Å². The van der Waals surface area contributed by atoms with Gasteiger partial charge in [-0.15, -0.1) is 0 Å². The van der Waals surface area contributed by atoms with E-state index in [1.807, 2.05) is 32.9 Å². The zero-order valence-corrected chi connectivity index (χ0v) is 14.8. The smallest absolute Gasteiger partial charge is 0.266 e. The predicted octanol–water partition coefficient (Wildman–Crippen LogP) is 3.13. The van der Waals surface area contributed by atoms with Gasteiger partial charge in [-0.1, -0.05) is 0 Å². The van der Waals surface area contributed by atoms with Gasteiger partial charge in [-0.2, -0.15) is 0 Å². The van der Waals surface area contributed by atoms with Gasteiger partial charge >= 0.3 is 0 Å². The first kappa shape index (κ1) is 16.7. The highest BCUT2D eigenvalue weighted by molar-refractivity contribution is 8.18. The summed E-state index contributed by atoms with van der Waals surface area (Å²) in [6, 6.07) is 3.65. The van der Waals surface area contributed by atoms with E-state index in [1.54, 1.807) is 11.0 Å². The zero-order valence-electron chi connectivity index (χ0n) is 14.0. The summed E-state index contributed by atoms with van der Waals surface area (Å²) >= 11 is 1.39. The number of aliphatic imine (C=N–C) groups is 1. The predicted molar refractivity (Wildman–Crippen MR) is 94.7 cm³/mol. The van der Waals surface area contributed by atoms with Crippen molar-refractivity contribution in [1.29, 1.82) is 0 Å². The molecule has 0 bridgehead atoms. The molecular weight excluding hydrogens is 328 g/mol. The molecule has 2 aliphatic heterocycles. The van der Waals surface area contributed by atoms with E-state index in [2.05, 4.69) is 4.99 Å². The normalized spacial score (nSPS) is 19.6. The molecule has 0 spiro atoms. The summed E-state index contributed by atoms with van der Waals surface area (Å²) in [5.74, 6) is 1.96. The van der Waals surface area contributed by atoms with E-state index in [0.29, 0.717) is 41.9 Å². The second kappa shape index (κ2) is 7.17. The Balaban J connectivity index is 1.99. The monoisotopic (exact) mass is 348 g/mol. The van der Waals surface area contributed by atoms with Crippen LogP contribution < -0.4 is 14.2 Å². The third kappa shape index (κ3) is 3.08. The molecule has 0 radical (unpaired) electrons. The molecule has 24 heavy (non-hydrogen) atoms. The lowest BCUT2D eigenvalue weighted by Crippen LogP contribution is -2.28. The lowest BCUT2D eigenvalue weighted by molar-refractivity contribution is -0.122. The van der Waals surface area contributed by atoms with Crippen molar-refractivity contribution in [3.63, 3.8) is 0 Å². The van der Waals surface area contributed by atoms with E-state index in [9.17, 15) is 4.79 Å². The molecule has 1 aromatic carbocycles. The van der Waals surface area contributed by atoms with Gasteiger partial charge in [-0.25, -0.2) is 0 Å². The standard InChI is InChI=1S/C17H20N2O4S/c1-4-18-17-19(5-2)16(20)15(24-17)8-11-7-13-14(23-10-22-13)9-12(11)21-6-3/h7-9H,4-6,10H2,1-3H3/b15-8+,18-17?. The van der Waals surface area contributed by atoms with Crippen LogP contribution in [0.4, 0.5) is 0 Å². The molecule has 0 aromatic heterocycles. The van der Waals surface area contributed by atoms with Crippen molar-refractivity contribution in [3.8, 4) is 17.2 Å². The number of benzene rings is 1. The molecule has 0 N–H and O–H groups in total. The van der Waals surface area contributed by atoms with Crippen LogP contribution in [0.5, 0.6) is 17.2 Å². The minimum Gasteiger partial charge on any atom is -0.493 e. The summed E-state index contributed by atoms with van der Waals surface area (Å²) in [5, 5.41) is 0.745. The van der Waals surface area contributed by atoms with Crippen LogP contribution >= 0.6 is 11.8 Å². The van der Waals surface area contributed by atoms with Gasteiger partial charge in [0.25, 0.3) is 5.91 Å². The highest BCUT2D eigenvalue weighted by atomic mass is 32.2. The van der Waals surface area contributed by atoms with Crippen LogP contribution in [0, 0.1) is 0 Å². The van der Waals surface area contributed by atoms with Crippen molar-refractivity contribution in [2.75, 3.05) is 26.5 Å². The number of ether oxygens (including phenoxy) is 3. The highest BCUT2D eigenvalue weighted by Crippen LogP contribution is 2.41. The van der Waals surface area contributed by atoms with Crippen LogP contribution in [-0.4, -0.2) is 42.5 Å². The molecule has 1 aromatic rings. The number of hydrogen-bond acceptors (Lipinski definition) is 6. The molecule has 1 fully saturated rings. The van der Waals surface area contributed by atoms with Gasteiger partial charge in [0.2, 0.25) is 6.79 Å². The SMILES string of the molecule is CCN=C1S/C(=C/c2cc3c(cc2OCC)OCO3)C(=O)N1CC. The third-order valence-corrected chi connectivity index (χ3v) is 4.63. The minimum absolute atomic E-state index is 0.0326. The van der Waals surface area contributed by atoms with Gasteiger partial charge in [0.15, 0.2) is 16.7 Å². The van der Waals surface area contributed by atoms with Crippen LogP contribution in [0.3, 0.4) is 0 Å². The average molecular weight is 348 g/mol. The third-order valence-electron chi connectivity index (χ3n) is 3.59. The molecule has 0 atom stereocenters. The summed E-state index contributed by atoms with van der Waals surface area (Å²) in [5.41, 5.74) is 0.797. The molecule has 2 heterocycles. The lowest BCUT2D eigenvalue weighted by Gasteiger charge is -2.11.